The third-order valence-electron chi connectivity index (χ3n) is 3.34. The fraction of sp³-hybridized carbons (Fsp3) is 0.333. The van der Waals surface area contributed by atoms with Crippen molar-refractivity contribution in [2.45, 2.75) is 30.2 Å². The van der Waals surface area contributed by atoms with E-state index < -0.39 is 0 Å². The summed E-state index contributed by atoms with van der Waals surface area (Å²) in [5.74, 6) is 0.382. The van der Waals surface area contributed by atoms with Crippen molar-refractivity contribution in [3.63, 3.8) is 0 Å². The number of amides is 1. The zero-order chi connectivity index (χ0) is 14.7. The predicted molar refractivity (Wildman–Crippen MR) is 95.2 cm³/mol. The first-order chi connectivity index (χ1) is 10.2. The summed E-state index contributed by atoms with van der Waals surface area (Å²) in [6.07, 6.45) is 2.78. The van der Waals surface area contributed by atoms with Gasteiger partial charge in [0, 0.05) is 15.8 Å². The maximum atomic E-state index is 12.0. The first-order valence-corrected chi connectivity index (χ1v) is 8.73. The largest absolute Gasteiger partial charge is 0.327 e. The van der Waals surface area contributed by atoms with Crippen LogP contribution in [0, 0.1) is 0 Å². The summed E-state index contributed by atoms with van der Waals surface area (Å²) in [6.45, 7) is 0. The molecule has 0 spiro atoms. The number of aromatic nitrogens is 1. The lowest BCUT2D eigenvalue weighted by atomic mass is 9.99. The number of hydrogen-bond donors (Lipinski definition) is 2. The standard InChI is InChI=1S/C15H17N3OS2.ClH/c16-10-6-7-12-13(8-10)21-15(17-12)18-14(19)9-20-11-4-2-1-3-5-11;/h1-5,10H,6-9,16H2,(H,17,18,19);1H/t10-;/m0./s1. The Hall–Kier alpha value is -1.08. The smallest absolute Gasteiger partial charge is 0.236 e. The summed E-state index contributed by atoms with van der Waals surface area (Å²) < 4.78 is 0. The van der Waals surface area contributed by atoms with Crippen LogP contribution in [0.15, 0.2) is 35.2 Å². The molecule has 0 aliphatic heterocycles. The number of anilines is 1. The first kappa shape index (κ1) is 17.3. The molecule has 1 amide bonds. The molecule has 1 aliphatic carbocycles. The zero-order valence-corrected chi connectivity index (χ0v) is 14.4. The van der Waals surface area contributed by atoms with Crippen molar-refractivity contribution >= 4 is 46.5 Å². The number of benzene rings is 1. The monoisotopic (exact) mass is 355 g/mol. The first-order valence-electron chi connectivity index (χ1n) is 6.92. The van der Waals surface area contributed by atoms with E-state index in [0.29, 0.717) is 10.9 Å². The van der Waals surface area contributed by atoms with Gasteiger partial charge in [0.25, 0.3) is 0 Å². The highest BCUT2D eigenvalue weighted by Crippen LogP contribution is 2.29. The molecule has 1 aromatic heterocycles. The second-order valence-corrected chi connectivity index (χ2v) is 7.17. The summed E-state index contributed by atoms with van der Waals surface area (Å²) in [6, 6.07) is 10.1. The Kier molecular flexibility index (Phi) is 6.26. The quantitative estimate of drug-likeness (QED) is 0.827. The van der Waals surface area contributed by atoms with Crippen LogP contribution in [0.1, 0.15) is 17.0 Å². The van der Waals surface area contributed by atoms with Gasteiger partial charge in [-0.1, -0.05) is 18.2 Å². The number of nitrogens with zero attached hydrogens (tertiary/aromatic N) is 1. The Bertz CT molecular complexity index is 633. The van der Waals surface area contributed by atoms with E-state index >= 15 is 0 Å². The van der Waals surface area contributed by atoms with E-state index in [1.54, 1.807) is 11.3 Å². The number of hydrogen-bond acceptors (Lipinski definition) is 5. The number of carbonyl (C=O) groups is 1. The van der Waals surface area contributed by atoms with E-state index in [4.69, 9.17) is 5.73 Å². The number of thioether (sulfide) groups is 1. The number of nitrogens with one attached hydrogen (secondary N) is 1. The molecule has 118 valence electrons. The van der Waals surface area contributed by atoms with Crippen LogP contribution in [0.3, 0.4) is 0 Å². The van der Waals surface area contributed by atoms with Crippen molar-refractivity contribution in [3.05, 3.63) is 40.9 Å². The molecule has 4 nitrogen and oxygen atoms in total. The molecule has 0 bridgehead atoms. The van der Waals surface area contributed by atoms with Crippen molar-refractivity contribution in [3.8, 4) is 0 Å². The second-order valence-electron chi connectivity index (χ2n) is 5.04. The molecule has 0 fully saturated rings. The maximum Gasteiger partial charge on any atom is 0.236 e. The van der Waals surface area contributed by atoms with Gasteiger partial charge < -0.3 is 11.1 Å². The van der Waals surface area contributed by atoms with Crippen LogP contribution >= 0.6 is 35.5 Å². The molecule has 1 atom stereocenters. The topological polar surface area (TPSA) is 68.0 Å². The van der Waals surface area contributed by atoms with Crippen molar-refractivity contribution < 1.29 is 4.79 Å². The number of fused-ring (bicyclic) bond motifs is 1. The molecule has 3 N–H and O–H groups in total. The van der Waals surface area contributed by atoms with Gasteiger partial charge in [0.2, 0.25) is 5.91 Å². The molecule has 0 unspecified atom stereocenters. The number of halogens is 1. The minimum absolute atomic E-state index is 0. The minimum Gasteiger partial charge on any atom is -0.327 e. The van der Waals surface area contributed by atoms with Crippen molar-refractivity contribution in [2.75, 3.05) is 11.1 Å². The Morgan fingerprint density at radius 1 is 1.41 bits per heavy atom. The Balaban J connectivity index is 0.00000176. The molecule has 1 aromatic carbocycles. The van der Waals surface area contributed by atoms with Crippen LogP contribution in [-0.2, 0) is 17.6 Å². The van der Waals surface area contributed by atoms with Gasteiger partial charge in [-0.2, -0.15) is 0 Å². The number of aryl methyl sites for hydroxylation is 1. The number of rotatable bonds is 4. The van der Waals surface area contributed by atoms with E-state index in [1.165, 1.54) is 16.6 Å². The zero-order valence-electron chi connectivity index (χ0n) is 12.0. The summed E-state index contributed by atoms with van der Waals surface area (Å²) in [7, 11) is 0. The lowest BCUT2D eigenvalue weighted by Crippen LogP contribution is -2.27. The average molecular weight is 356 g/mol. The van der Waals surface area contributed by atoms with Crippen LogP contribution in [0.4, 0.5) is 5.13 Å². The minimum atomic E-state index is -0.0146. The summed E-state index contributed by atoms with van der Waals surface area (Å²) in [5, 5.41) is 3.59. The molecule has 22 heavy (non-hydrogen) atoms. The van der Waals surface area contributed by atoms with Crippen molar-refractivity contribution in [2.24, 2.45) is 5.73 Å². The van der Waals surface area contributed by atoms with Crippen LogP contribution in [0.25, 0.3) is 0 Å². The van der Waals surface area contributed by atoms with E-state index in [0.717, 1.165) is 29.9 Å². The van der Waals surface area contributed by atoms with Gasteiger partial charge >= 0.3 is 0 Å². The summed E-state index contributed by atoms with van der Waals surface area (Å²) in [4.78, 5) is 18.8. The van der Waals surface area contributed by atoms with Gasteiger partial charge in [0.05, 0.1) is 11.4 Å². The molecular weight excluding hydrogens is 338 g/mol. The summed E-state index contributed by atoms with van der Waals surface area (Å²) >= 11 is 3.08. The fourth-order valence-corrected chi connectivity index (χ4v) is 4.11. The lowest BCUT2D eigenvalue weighted by molar-refractivity contribution is -0.113. The van der Waals surface area contributed by atoms with Crippen LogP contribution in [-0.4, -0.2) is 22.7 Å². The number of thiazole rings is 1. The molecule has 7 heteroatoms. The SMILES string of the molecule is Cl.N[C@H]1CCc2nc(NC(=O)CSc3ccccc3)sc2C1. The third-order valence-corrected chi connectivity index (χ3v) is 5.38. The van der Waals surface area contributed by atoms with E-state index in [9.17, 15) is 4.79 Å². The van der Waals surface area contributed by atoms with E-state index in [-0.39, 0.29) is 24.4 Å². The number of nitrogens with two attached hydrogens (primary N) is 1. The van der Waals surface area contributed by atoms with Gasteiger partial charge in [0.15, 0.2) is 5.13 Å². The third kappa shape index (κ3) is 4.46. The lowest BCUT2D eigenvalue weighted by Gasteiger charge is -2.15. The van der Waals surface area contributed by atoms with Crippen LogP contribution < -0.4 is 11.1 Å². The molecule has 3 rings (SSSR count). The molecule has 0 radical (unpaired) electrons. The predicted octanol–water partition coefficient (Wildman–Crippen LogP) is 3.11. The molecule has 2 aromatic rings. The molecular formula is C15H18ClN3OS2. The second kappa shape index (κ2) is 7.97. The van der Waals surface area contributed by atoms with Crippen molar-refractivity contribution in [1.82, 2.24) is 4.98 Å². The normalized spacial score (nSPS) is 16.5. The Labute approximate surface area is 144 Å². The van der Waals surface area contributed by atoms with Gasteiger partial charge in [-0.25, -0.2) is 4.98 Å². The Morgan fingerprint density at radius 2 is 2.18 bits per heavy atom. The highest BCUT2D eigenvalue weighted by Gasteiger charge is 2.20. The molecule has 0 saturated carbocycles. The van der Waals surface area contributed by atoms with E-state index in [1.807, 2.05) is 30.3 Å². The van der Waals surface area contributed by atoms with E-state index in [2.05, 4.69) is 10.3 Å². The van der Waals surface area contributed by atoms with Gasteiger partial charge in [-0.05, 0) is 31.4 Å². The molecule has 1 heterocycles. The van der Waals surface area contributed by atoms with Crippen molar-refractivity contribution in [1.29, 1.82) is 0 Å². The fourth-order valence-electron chi connectivity index (χ4n) is 2.27. The highest BCUT2D eigenvalue weighted by molar-refractivity contribution is 8.00. The average Bonchev–Trinajstić information content (AvgIpc) is 2.87. The van der Waals surface area contributed by atoms with Gasteiger partial charge in [-0.15, -0.1) is 35.5 Å². The van der Waals surface area contributed by atoms with Gasteiger partial charge in [-0.3, -0.25) is 4.79 Å². The molecule has 0 saturated heterocycles. The Morgan fingerprint density at radius 3 is 2.95 bits per heavy atom. The van der Waals surface area contributed by atoms with Crippen LogP contribution in [0.2, 0.25) is 0 Å². The molecule has 1 aliphatic rings. The number of carbonyl (C=O) groups excluding carboxylic acids is 1. The van der Waals surface area contributed by atoms with Crippen LogP contribution in [0.5, 0.6) is 0 Å². The van der Waals surface area contributed by atoms with Gasteiger partial charge in [0.1, 0.15) is 0 Å². The highest BCUT2D eigenvalue weighted by atomic mass is 35.5. The summed E-state index contributed by atoms with van der Waals surface area (Å²) in [5.41, 5.74) is 7.06. The maximum absolute atomic E-state index is 12.0.